The van der Waals surface area contributed by atoms with Gasteiger partial charge in [-0.15, -0.1) is 0 Å². The molecule has 0 unspecified atom stereocenters. The topological polar surface area (TPSA) is 55.8 Å². The standard InChI is InChI=1S/C16H25N3O2/c1-18(2)16(21)19-9-7-15(8-10-19)17-11-13-3-5-14(12-20)6-4-13/h3-6,15,17,20H,7-12H2,1-2H3. The molecule has 2 N–H and O–H groups in total. The summed E-state index contributed by atoms with van der Waals surface area (Å²) in [6.45, 7) is 2.56. The number of carbonyl (C=O) groups excluding carboxylic acids is 1. The number of rotatable bonds is 4. The maximum absolute atomic E-state index is 11.9. The predicted octanol–water partition coefficient (Wildman–Crippen LogP) is 1.41. The second-order valence-corrected chi connectivity index (χ2v) is 5.79. The molecule has 2 rings (SSSR count). The highest BCUT2D eigenvalue weighted by Crippen LogP contribution is 2.13. The Labute approximate surface area is 126 Å². The molecule has 0 spiro atoms. The molecule has 0 radical (unpaired) electrons. The van der Waals surface area contributed by atoms with Gasteiger partial charge in [-0.1, -0.05) is 24.3 Å². The van der Waals surface area contributed by atoms with Crippen LogP contribution in [0.3, 0.4) is 0 Å². The molecule has 1 aliphatic rings. The Bertz CT molecular complexity index is 451. The zero-order chi connectivity index (χ0) is 15.2. The molecule has 116 valence electrons. The molecule has 21 heavy (non-hydrogen) atoms. The summed E-state index contributed by atoms with van der Waals surface area (Å²) in [5.41, 5.74) is 2.16. The van der Waals surface area contributed by atoms with E-state index in [1.807, 2.05) is 29.2 Å². The van der Waals surface area contributed by atoms with Crippen LogP contribution in [0, 0.1) is 0 Å². The van der Waals surface area contributed by atoms with E-state index in [1.54, 1.807) is 19.0 Å². The van der Waals surface area contributed by atoms with Crippen molar-refractivity contribution in [1.29, 1.82) is 0 Å². The molecule has 0 atom stereocenters. The lowest BCUT2D eigenvalue weighted by molar-refractivity contribution is 0.152. The molecule has 0 aromatic heterocycles. The molecule has 0 bridgehead atoms. The van der Waals surface area contributed by atoms with Gasteiger partial charge in [-0.2, -0.15) is 0 Å². The zero-order valence-corrected chi connectivity index (χ0v) is 12.9. The highest BCUT2D eigenvalue weighted by molar-refractivity contribution is 5.73. The molecule has 5 nitrogen and oxygen atoms in total. The van der Waals surface area contributed by atoms with Crippen molar-refractivity contribution < 1.29 is 9.90 Å². The maximum atomic E-state index is 11.9. The summed E-state index contributed by atoms with van der Waals surface area (Å²) in [4.78, 5) is 15.4. The van der Waals surface area contributed by atoms with Crippen molar-refractivity contribution in [3.05, 3.63) is 35.4 Å². The molecule has 1 aromatic rings. The average molecular weight is 291 g/mol. The zero-order valence-electron chi connectivity index (χ0n) is 12.9. The van der Waals surface area contributed by atoms with Crippen molar-refractivity contribution in [2.75, 3.05) is 27.2 Å². The number of aliphatic hydroxyl groups excluding tert-OH is 1. The summed E-state index contributed by atoms with van der Waals surface area (Å²) in [5, 5.41) is 12.6. The van der Waals surface area contributed by atoms with Gasteiger partial charge >= 0.3 is 6.03 Å². The first-order valence-corrected chi connectivity index (χ1v) is 7.48. The van der Waals surface area contributed by atoms with Gasteiger partial charge in [0.2, 0.25) is 0 Å². The predicted molar refractivity (Wildman–Crippen MR) is 82.9 cm³/mol. The van der Waals surface area contributed by atoms with E-state index in [9.17, 15) is 4.79 Å². The van der Waals surface area contributed by atoms with Crippen LogP contribution < -0.4 is 5.32 Å². The number of carbonyl (C=O) groups is 1. The highest BCUT2D eigenvalue weighted by Gasteiger charge is 2.23. The van der Waals surface area contributed by atoms with Gasteiger partial charge in [0.25, 0.3) is 0 Å². The number of benzene rings is 1. The Hall–Kier alpha value is -1.59. The minimum absolute atomic E-state index is 0.0894. The molecule has 0 saturated carbocycles. The van der Waals surface area contributed by atoms with Gasteiger partial charge in [0.15, 0.2) is 0 Å². The Morgan fingerprint density at radius 2 is 1.81 bits per heavy atom. The summed E-state index contributed by atoms with van der Waals surface area (Å²) in [5.74, 6) is 0. The van der Waals surface area contributed by atoms with Crippen LogP contribution in [0.25, 0.3) is 0 Å². The number of nitrogens with one attached hydrogen (secondary N) is 1. The van der Waals surface area contributed by atoms with Gasteiger partial charge in [-0.25, -0.2) is 4.79 Å². The number of urea groups is 1. The van der Waals surface area contributed by atoms with E-state index in [0.717, 1.165) is 38.0 Å². The minimum Gasteiger partial charge on any atom is -0.392 e. The number of likely N-dealkylation sites (tertiary alicyclic amines) is 1. The fourth-order valence-corrected chi connectivity index (χ4v) is 2.58. The molecular weight excluding hydrogens is 266 g/mol. The molecule has 5 heteroatoms. The van der Waals surface area contributed by atoms with Gasteiger partial charge in [-0.05, 0) is 24.0 Å². The van der Waals surface area contributed by atoms with E-state index >= 15 is 0 Å². The first kappa shape index (κ1) is 15.8. The quantitative estimate of drug-likeness (QED) is 0.882. The van der Waals surface area contributed by atoms with Crippen molar-refractivity contribution >= 4 is 6.03 Å². The van der Waals surface area contributed by atoms with Gasteiger partial charge in [0.1, 0.15) is 0 Å². The summed E-state index contributed by atoms with van der Waals surface area (Å²) in [7, 11) is 3.59. The summed E-state index contributed by atoms with van der Waals surface area (Å²) >= 11 is 0. The number of amides is 2. The fourth-order valence-electron chi connectivity index (χ4n) is 2.58. The number of piperidine rings is 1. The summed E-state index contributed by atoms with van der Waals surface area (Å²) < 4.78 is 0. The number of nitrogens with zero attached hydrogens (tertiary/aromatic N) is 2. The SMILES string of the molecule is CN(C)C(=O)N1CCC(NCc2ccc(CO)cc2)CC1. The summed E-state index contributed by atoms with van der Waals surface area (Å²) in [6.07, 6.45) is 1.99. The molecule has 1 saturated heterocycles. The van der Waals surface area contributed by atoms with Gasteiger partial charge in [0, 0.05) is 39.8 Å². The lowest BCUT2D eigenvalue weighted by Crippen LogP contribution is -2.47. The maximum Gasteiger partial charge on any atom is 0.319 e. The largest absolute Gasteiger partial charge is 0.392 e. The third-order valence-corrected chi connectivity index (χ3v) is 3.95. The number of hydrogen-bond acceptors (Lipinski definition) is 3. The number of hydrogen-bond donors (Lipinski definition) is 2. The Morgan fingerprint density at radius 1 is 1.24 bits per heavy atom. The fraction of sp³-hybridized carbons (Fsp3) is 0.562. The van der Waals surface area contributed by atoms with Crippen LogP contribution in [0.5, 0.6) is 0 Å². The van der Waals surface area contributed by atoms with Crippen LogP contribution >= 0.6 is 0 Å². The number of aliphatic hydroxyl groups is 1. The van der Waals surface area contributed by atoms with Crippen molar-refractivity contribution in [3.63, 3.8) is 0 Å². The molecule has 0 aliphatic carbocycles. The molecule has 2 amide bonds. The van der Waals surface area contributed by atoms with Crippen LogP contribution in [0.1, 0.15) is 24.0 Å². The third kappa shape index (κ3) is 4.44. The van der Waals surface area contributed by atoms with Crippen molar-refractivity contribution in [1.82, 2.24) is 15.1 Å². The summed E-state index contributed by atoms with van der Waals surface area (Å²) in [6, 6.07) is 8.57. The molecule has 1 fully saturated rings. The van der Waals surface area contributed by atoms with Crippen molar-refractivity contribution in [2.24, 2.45) is 0 Å². The van der Waals surface area contributed by atoms with Crippen LogP contribution in [0.15, 0.2) is 24.3 Å². The second-order valence-electron chi connectivity index (χ2n) is 5.79. The van der Waals surface area contributed by atoms with E-state index in [0.29, 0.717) is 6.04 Å². The molecule has 1 heterocycles. The van der Waals surface area contributed by atoms with Crippen LogP contribution in [0.2, 0.25) is 0 Å². The van der Waals surface area contributed by atoms with Crippen molar-refractivity contribution in [2.45, 2.75) is 32.0 Å². The van der Waals surface area contributed by atoms with E-state index in [2.05, 4.69) is 5.32 Å². The van der Waals surface area contributed by atoms with Crippen LogP contribution in [-0.2, 0) is 13.2 Å². The molecule has 1 aromatic carbocycles. The highest BCUT2D eigenvalue weighted by atomic mass is 16.3. The lowest BCUT2D eigenvalue weighted by Gasteiger charge is -2.34. The monoisotopic (exact) mass is 291 g/mol. The van der Waals surface area contributed by atoms with Crippen LogP contribution in [0.4, 0.5) is 4.79 Å². The van der Waals surface area contributed by atoms with E-state index < -0.39 is 0 Å². The van der Waals surface area contributed by atoms with Gasteiger partial charge in [0.05, 0.1) is 6.61 Å². The normalized spacial score (nSPS) is 16.0. The first-order chi connectivity index (χ1) is 10.1. The Balaban J connectivity index is 1.74. The van der Waals surface area contributed by atoms with E-state index in [4.69, 9.17) is 5.11 Å². The third-order valence-electron chi connectivity index (χ3n) is 3.95. The average Bonchev–Trinajstić information content (AvgIpc) is 2.53. The molecular formula is C16H25N3O2. The van der Waals surface area contributed by atoms with Gasteiger partial charge < -0.3 is 20.2 Å². The lowest BCUT2D eigenvalue weighted by atomic mass is 10.0. The smallest absolute Gasteiger partial charge is 0.319 e. The van der Waals surface area contributed by atoms with E-state index in [-0.39, 0.29) is 12.6 Å². The van der Waals surface area contributed by atoms with Gasteiger partial charge in [-0.3, -0.25) is 0 Å². The molecule has 1 aliphatic heterocycles. The second kappa shape index (κ2) is 7.43. The Morgan fingerprint density at radius 3 is 2.33 bits per heavy atom. The Kier molecular flexibility index (Phi) is 5.59. The minimum atomic E-state index is 0.0894. The van der Waals surface area contributed by atoms with Crippen molar-refractivity contribution in [3.8, 4) is 0 Å². The van der Waals surface area contributed by atoms with E-state index in [1.165, 1.54) is 5.56 Å². The van der Waals surface area contributed by atoms with Crippen LogP contribution in [-0.4, -0.2) is 54.2 Å². The first-order valence-electron chi connectivity index (χ1n) is 7.48.